The van der Waals surface area contributed by atoms with Crippen LogP contribution in [0.4, 0.5) is 5.69 Å². The fourth-order valence-electron chi connectivity index (χ4n) is 4.45. The Morgan fingerprint density at radius 3 is 2.61 bits per heavy atom. The molecule has 3 heterocycles. The average molecular weight is 451 g/mol. The topological polar surface area (TPSA) is 103 Å². The number of hydrogen-bond donors (Lipinski definition) is 2. The summed E-state index contributed by atoms with van der Waals surface area (Å²) in [6, 6.07) is 9.36. The van der Waals surface area contributed by atoms with Gasteiger partial charge in [-0.25, -0.2) is 9.78 Å². The van der Waals surface area contributed by atoms with Gasteiger partial charge in [0.15, 0.2) is 0 Å². The molecule has 1 aromatic carbocycles. The molecule has 0 atom stereocenters. The number of aromatic nitrogens is 3. The van der Waals surface area contributed by atoms with Crippen LogP contribution in [-0.2, 0) is 13.1 Å². The Bertz CT molecular complexity index is 1290. The fraction of sp³-hybridized carbons (Fsp3) is 0.417. The highest BCUT2D eigenvalue weighted by molar-refractivity contribution is 5.92. The highest BCUT2D eigenvalue weighted by Gasteiger charge is 2.34. The third-order valence-electron chi connectivity index (χ3n) is 6.38. The Kier molecular flexibility index (Phi) is 6.07. The average Bonchev–Trinajstić information content (AvgIpc) is 2.80. The summed E-state index contributed by atoms with van der Waals surface area (Å²) in [5.74, 6) is -0.197. The van der Waals surface area contributed by atoms with Gasteiger partial charge in [0.25, 0.3) is 11.5 Å². The molecule has 174 valence electrons. The van der Waals surface area contributed by atoms with Crippen molar-refractivity contribution in [3.05, 3.63) is 68.6 Å². The Morgan fingerprint density at radius 2 is 1.97 bits per heavy atom. The minimum Gasteiger partial charge on any atom is -0.367 e. The molecule has 1 aliphatic heterocycles. The molecule has 1 fully saturated rings. The maximum absolute atomic E-state index is 12.5. The van der Waals surface area contributed by atoms with Gasteiger partial charge in [-0.05, 0) is 50.6 Å². The van der Waals surface area contributed by atoms with Crippen molar-refractivity contribution >= 4 is 22.5 Å². The molecule has 1 amide bonds. The SMILES string of the molecule is CCn1c(=O)[nH]c2cc(CN3CCN(c4ccc(C(=O)NC)nc4)CC3(C)C)ccc2c1=O. The lowest BCUT2D eigenvalue weighted by atomic mass is 9.97. The summed E-state index contributed by atoms with van der Waals surface area (Å²) in [6.45, 7) is 9.72. The molecule has 3 aromatic rings. The van der Waals surface area contributed by atoms with Crippen LogP contribution in [0, 0.1) is 0 Å². The summed E-state index contributed by atoms with van der Waals surface area (Å²) >= 11 is 0. The summed E-state index contributed by atoms with van der Waals surface area (Å²) < 4.78 is 1.21. The highest BCUT2D eigenvalue weighted by atomic mass is 16.2. The number of rotatable bonds is 5. The smallest absolute Gasteiger partial charge is 0.328 e. The van der Waals surface area contributed by atoms with E-state index in [0.717, 1.165) is 30.9 Å². The van der Waals surface area contributed by atoms with Gasteiger partial charge < -0.3 is 15.2 Å². The molecule has 0 unspecified atom stereocenters. The van der Waals surface area contributed by atoms with E-state index < -0.39 is 0 Å². The van der Waals surface area contributed by atoms with Gasteiger partial charge in [-0.1, -0.05) is 6.07 Å². The van der Waals surface area contributed by atoms with E-state index in [4.69, 9.17) is 0 Å². The first kappa shape index (κ1) is 22.7. The molecule has 0 aliphatic carbocycles. The van der Waals surface area contributed by atoms with E-state index in [9.17, 15) is 14.4 Å². The van der Waals surface area contributed by atoms with Crippen molar-refractivity contribution < 1.29 is 4.79 Å². The predicted molar refractivity (Wildman–Crippen MR) is 129 cm³/mol. The standard InChI is InChI=1S/C24H30N6O3/c1-5-30-22(32)18-8-6-16(12-20(18)27-23(30)33)14-29-11-10-28(15-24(29,2)3)17-7-9-19(26-13-17)21(31)25-4/h6-9,12-13H,5,10-11,14-15H2,1-4H3,(H,25,31)(H,27,33). The second-order valence-corrected chi connectivity index (χ2v) is 9.00. The highest BCUT2D eigenvalue weighted by Crippen LogP contribution is 2.27. The number of amides is 1. The van der Waals surface area contributed by atoms with Gasteiger partial charge in [-0.2, -0.15) is 0 Å². The van der Waals surface area contributed by atoms with E-state index in [2.05, 4.69) is 38.9 Å². The van der Waals surface area contributed by atoms with Gasteiger partial charge in [-0.15, -0.1) is 0 Å². The first-order valence-electron chi connectivity index (χ1n) is 11.2. The molecule has 9 heteroatoms. The summed E-state index contributed by atoms with van der Waals surface area (Å²) in [5, 5.41) is 3.11. The number of anilines is 1. The molecule has 4 rings (SSSR count). The van der Waals surface area contributed by atoms with E-state index in [-0.39, 0.29) is 22.7 Å². The molecule has 2 N–H and O–H groups in total. The van der Waals surface area contributed by atoms with Crippen LogP contribution < -0.4 is 21.5 Å². The first-order chi connectivity index (χ1) is 15.7. The number of H-pyrrole nitrogens is 1. The second-order valence-electron chi connectivity index (χ2n) is 9.00. The molecule has 1 aliphatic rings. The molecule has 0 radical (unpaired) electrons. The monoisotopic (exact) mass is 450 g/mol. The minimum atomic E-state index is -0.378. The second kappa shape index (κ2) is 8.82. The largest absolute Gasteiger partial charge is 0.367 e. The fourth-order valence-corrected chi connectivity index (χ4v) is 4.45. The molecule has 0 spiro atoms. The number of benzene rings is 1. The number of aromatic amines is 1. The summed E-state index contributed by atoms with van der Waals surface area (Å²) in [7, 11) is 1.59. The zero-order chi connectivity index (χ0) is 23.8. The quantitative estimate of drug-likeness (QED) is 0.612. The molecule has 1 saturated heterocycles. The van der Waals surface area contributed by atoms with E-state index in [1.165, 1.54) is 4.57 Å². The van der Waals surface area contributed by atoms with Gasteiger partial charge in [0.1, 0.15) is 5.69 Å². The summed E-state index contributed by atoms with van der Waals surface area (Å²) in [4.78, 5) is 48.3. The van der Waals surface area contributed by atoms with Crippen LogP contribution >= 0.6 is 0 Å². The zero-order valence-corrected chi connectivity index (χ0v) is 19.5. The van der Waals surface area contributed by atoms with Gasteiger partial charge in [0.05, 0.1) is 22.8 Å². The Balaban J connectivity index is 1.51. The number of piperazine rings is 1. The van der Waals surface area contributed by atoms with E-state index in [1.807, 2.05) is 18.2 Å². The minimum absolute atomic E-state index is 0.119. The van der Waals surface area contributed by atoms with Crippen molar-refractivity contribution in [3.8, 4) is 0 Å². The van der Waals surface area contributed by atoms with Gasteiger partial charge in [-0.3, -0.25) is 19.1 Å². The summed E-state index contributed by atoms with van der Waals surface area (Å²) in [6.07, 6.45) is 1.75. The third-order valence-corrected chi connectivity index (χ3v) is 6.38. The van der Waals surface area contributed by atoms with Crippen molar-refractivity contribution in [1.29, 1.82) is 0 Å². The Labute approximate surface area is 192 Å². The van der Waals surface area contributed by atoms with Crippen molar-refractivity contribution in [2.45, 2.75) is 39.4 Å². The van der Waals surface area contributed by atoms with E-state index in [1.54, 1.807) is 32.3 Å². The van der Waals surface area contributed by atoms with Crippen molar-refractivity contribution in [1.82, 2.24) is 24.8 Å². The van der Waals surface area contributed by atoms with Crippen LogP contribution in [-0.4, -0.2) is 57.6 Å². The van der Waals surface area contributed by atoms with Crippen LogP contribution in [0.2, 0.25) is 0 Å². The lowest BCUT2D eigenvalue weighted by Gasteiger charge is -2.48. The zero-order valence-electron chi connectivity index (χ0n) is 19.5. The lowest BCUT2D eigenvalue weighted by Crippen LogP contribution is -2.58. The van der Waals surface area contributed by atoms with Gasteiger partial charge in [0.2, 0.25) is 0 Å². The van der Waals surface area contributed by atoms with Crippen molar-refractivity contribution in [2.24, 2.45) is 0 Å². The van der Waals surface area contributed by atoms with Crippen LogP contribution in [0.3, 0.4) is 0 Å². The number of pyridine rings is 1. The van der Waals surface area contributed by atoms with Crippen LogP contribution in [0.15, 0.2) is 46.1 Å². The molecule has 9 nitrogen and oxygen atoms in total. The summed E-state index contributed by atoms with van der Waals surface area (Å²) in [5.41, 5.74) is 2.26. The number of carbonyl (C=O) groups is 1. The number of nitrogens with one attached hydrogen (secondary N) is 2. The molecule has 0 bridgehead atoms. The van der Waals surface area contributed by atoms with E-state index in [0.29, 0.717) is 29.7 Å². The van der Waals surface area contributed by atoms with Gasteiger partial charge >= 0.3 is 5.69 Å². The van der Waals surface area contributed by atoms with E-state index >= 15 is 0 Å². The van der Waals surface area contributed by atoms with Crippen molar-refractivity contribution in [2.75, 3.05) is 31.6 Å². The van der Waals surface area contributed by atoms with Crippen molar-refractivity contribution in [3.63, 3.8) is 0 Å². The van der Waals surface area contributed by atoms with Crippen LogP contribution in [0.5, 0.6) is 0 Å². The van der Waals surface area contributed by atoms with Crippen LogP contribution in [0.25, 0.3) is 10.9 Å². The molecular weight excluding hydrogens is 420 g/mol. The normalized spacial score (nSPS) is 16.2. The number of fused-ring (bicyclic) bond motifs is 1. The first-order valence-corrected chi connectivity index (χ1v) is 11.2. The third kappa shape index (κ3) is 4.41. The predicted octanol–water partition coefficient (Wildman–Crippen LogP) is 1.57. The maximum Gasteiger partial charge on any atom is 0.328 e. The number of hydrogen-bond acceptors (Lipinski definition) is 6. The number of nitrogens with zero attached hydrogens (tertiary/aromatic N) is 4. The lowest BCUT2D eigenvalue weighted by molar-refractivity contribution is 0.0953. The van der Waals surface area contributed by atoms with Gasteiger partial charge in [0, 0.05) is 45.3 Å². The molecular formula is C24H30N6O3. The Hall–Kier alpha value is -3.46. The maximum atomic E-state index is 12.5. The number of carbonyl (C=O) groups excluding carboxylic acids is 1. The molecule has 2 aromatic heterocycles. The van der Waals surface area contributed by atoms with Crippen LogP contribution in [0.1, 0.15) is 36.8 Å². The molecule has 33 heavy (non-hydrogen) atoms. The molecule has 0 saturated carbocycles. The Morgan fingerprint density at radius 1 is 1.18 bits per heavy atom.